The Bertz CT molecular complexity index is 485. The normalized spacial score (nSPS) is 16.7. The number of hydrogen-bond donors (Lipinski definition) is 0. The van der Waals surface area contributed by atoms with Gasteiger partial charge in [0.1, 0.15) is 5.69 Å². The summed E-state index contributed by atoms with van der Waals surface area (Å²) in [5.41, 5.74) is -0.00290. The zero-order valence-electron chi connectivity index (χ0n) is 11.9. The lowest BCUT2D eigenvalue weighted by molar-refractivity contribution is -0.386. The molecule has 1 heterocycles. The van der Waals surface area contributed by atoms with Gasteiger partial charge in [-0.2, -0.15) is 4.39 Å². The van der Waals surface area contributed by atoms with Crippen LogP contribution in [0.15, 0.2) is 18.2 Å². The second-order valence-electron chi connectivity index (χ2n) is 5.56. The molecule has 1 aliphatic heterocycles. The van der Waals surface area contributed by atoms with Crippen molar-refractivity contribution in [3.05, 3.63) is 34.1 Å². The summed E-state index contributed by atoms with van der Waals surface area (Å²) in [4.78, 5) is 14.5. The lowest BCUT2D eigenvalue weighted by atomic mass is 9.96. The van der Waals surface area contributed by atoms with Gasteiger partial charge in [-0.15, -0.1) is 0 Å². The first-order valence-corrected chi connectivity index (χ1v) is 6.81. The maximum atomic E-state index is 13.6. The third-order valence-corrected chi connectivity index (χ3v) is 3.73. The first kappa shape index (κ1) is 14.7. The third-order valence-electron chi connectivity index (χ3n) is 3.73. The molecule has 1 aliphatic rings. The van der Waals surface area contributed by atoms with E-state index in [1.807, 2.05) is 19.0 Å². The van der Waals surface area contributed by atoms with Crippen molar-refractivity contribution in [3.8, 4) is 0 Å². The highest BCUT2D eigenvalue weighted by molar-refractivity contribution is 5.64. The quantitative estimate of drug-likeness (QED) is 0.628. The molecular weight excluding hydrogens is 261 g/mol. The average molecular weight is 281 g/mol. The van der Waals surface area contributed by atoms with E-state index >= 15 is 0 Å². The largest absolute Gasteiger partial charge is 0.366 e. The van der Waals surface area contributed by atoms with Crippen LogP contribution in [-0.2, 0) is 0 Å². The van der Waals surface area contributed by atoms with Gasteiger partial charge < -0.3 is 9.80 Å². The Labute approximate surface area is 118 Å². The molecule has 6 heteroatoms. The van der Waals surface area contributed by atoms with Crippen molar-refractivity contribution in [2.45, 2.75) is 12.8 Å². The highest BCUT2D eigenvalue weighted by atomic mass is 19.1. The van der Waals surface area contributed by atoms with Gasteiger partial charge in [-0.3, -0.25) is 10.1 Å². The van der Waals surface area contributed by atoms with Crippen molar-refractivity contribution in [1.29, 1.82) is 0 Å². The van der Waals surface area contributed by atoms with Gasteiger partial charge >= 0.3 is 5.69 Å². The molecule has 0 bridgehead atoms. The molecule has 1 aromatic rings. The van der Waals surface area contributed by atoms with Crippen LogP contribution in [0.2, 0.25) is 0 Å². The molecule has 0 aromatic heterocycles. The fourth-order valence-corrected chi connectivity index (χ4v) is 2.81. The lowest BCUT2D eigenvalue weighted by Crippen LogP contribution is -2.37. The number of para-hydroxylation sites is 1. The summed E-state index contributed by atoms with van der Waals surface area (Å²) in [7, 11) is 4.09. The molecule has 0 atom stereocenters. The molecule has 1 fully saturated rings. The number of rotatable bonds is 4. The highest BCUT2D eigenvalue weighted by Crippen LogP contribution is 2.33. The van der Waals surface area contributed by atoms with E-state index in [1.165, 1.54) is 6.07 Å². The van der Waals surface area contributed by atoms with Gasteiger partial charge in [0.05, 0.1) is 4.92 Å². The van der Waals surface area contributed by atoms with Crippen molar-refractivity contribution in [2.24, 2.45) is 5.92 Å². The molecular formula is C14H20FN3O2. The summed E-state index contributed by atoms with van der Waals surface area (Å²) in [6.07, 6.45) is 1.96. The van der Waals surface area contributed by atoms with Crippen LogP contribution in [0.1, 0.15) is 12.8 Å². The number of halogens is 1. The third kappa shape index (κ3) is 3.25. The minimum Gasteiger partial charge on any atom is -0.366 e. The smallest absolute Gasteiger partial charge is 0.327 e. The zero-order valence-corrected chi connectivity index (χ0v) is 11.9. The maximum Gasteiger partial charge on any atom is 0.327 e. The molecule has 5 nitrogen and oxygen atoms in total. The van der Waals surface area contributed by atoms with Crippen molar-refractivity contribution in [3.63, 3.8) is 0 Å². The van der Waals surface area contributed by atoms with E-state index in [2.05, 4.69) is 4.90 Å². The van der Waals surface area contributed by atoms with Crippen molar-refractivity contribution >= 4 is 11.4 Å². The van der Waals surface area contributed by atoms with Gasteiger partial charge in [0.2, 0.25) is 5.82 Å². The van der Waals surface area contributed by atoms with Gasteiger partial charge in [-0.1, -0.05) is 6.07 Å². The number of anilines is 1. The van der Waals surface area contributed by atoms with Crippen LogP contribution >= 0.6 is 0 Å². The van der Waals surface area contributed by atoms with Crippen molar-refractivity contribution < 1.29 is 9.31 Å². The molecule has 0 saturated carbocycles. The SMILES string of the molecule is CN(C)CC1CCN(c2cccc(F)c2[N+](=O)[O-])CC1. The molecule has 110 valence electrons. The molecule has 2 rings (SSSR count). The fraction of sp³-hybridized carbons (Fsp3) is 0.571. The van der Waals surface area contributed by atoms with Gasteiger partial charge in [-0.25, -0.2) is 0 Å². The molecule has 0 amide bonds. The van der Waals surface area contributed by atoms with Crippen LogP contribution in [0.25, 0.3) is 0 Å². The second-order valence-corrected chi connectivity index (χ2v) is 5.56. The van der Waals surface area contributed by atoms with E-state index in [0.717, 1.165) is 38.5 Å². The van der Waals surface area contributed by atoms with E-state index in [0.29, 0.717) is 11.6 Å². The monoisotopic (exact) mass is 281 g/mol. The molecule has 0 unspecified atom stereocenters. The Morgan fingerprint density at radius 3 is 2.60 bits per heavy atom. The minimum atomic E-state index is -0.761. The summed E-state index contributed by atoms with van der Waals surface area (Å²) < 4.78 is 13.6. The van der Waals surface area contributed by atoms with Crippen LogP contribution in [0, 0.1) is 21.8 Å². The number of nitro benzene ring substituents is 1. The molecule has 0 spiro atoms. The topological polar surface area (TPSA) is 49.6 Å². The number of benzene rings is 1. The Kier molecular flexibility index (Phi) is 4.54. The van der Waals surface area contributed by atoms with Crippen molar-refractivity contribution in [1.82, 2.24) is 4.90 Å². The van der Waals surface area contributed by atoms with E-state index in [9.17, 15) is 14.5 Å². The molecule has 1 saturated heterocycles. The van der Waals surface area contributed by atoms with Gasteiger partial charge in [0.15, 0.2) is 0 Å². The van der Waals surface area contributed by atoms with E-state index in [4.69, 9.17) is 0 Å². The predicted octanol–water partition coefficient (Wildman–Crippen LogP) is 2.51. The van der Waals surface area contributed by atoms with Gasteiger partial charge in [0, 0.05) is 19.6 Å². The molecule has 20 heavy (non-hydrogen) atoms. The summed E-state index contributed by atoms with van der Waals surface area (Å²) in [6, 6.07) is 4.30. The Balaban J connectivity index is 2.11. The van der Waals surface area contributed by atoms with Gasteiger partial charge in [-0.05, 0) is 45.0 Å². The standard InChI is InChI=1S/C14H20FN3O2/c1-16(2)10-11-6-8-17(9-7-11)13-5-3-4-12(15)14(13)18(19)20/h3-5,11H,6-10H2,1-2H3. The summed E-state index contributed by atoms with van der Waals surface area (Å²) in [6.45, 7) is 2.50. The molecule has 0 radical (unpaired) electrons. The number of hydrogen-bond acceptors (Lipinski definition) is 4. The lowest BCUT2D eigenvalue weighted by Gasteiger charge is -2.34. The summed E-state index contributed by atoms with van der Waals surface area (Å²) in [5.74, 6) is -0.156. The summed E-state index contributed by atoms with van der Waals surface area (Å²) >= 11 is 0. The number of nitro groups is 1. The van der Waals surface area contributed by atoms with E-state index in [1.54, 1.807) is 6.07 Å². The van der Waals surface area contributed by atoms with Crippen LogP contribution < -0.4 is 4.90 Å². The minimum absolute atomic E-state index is 0.401. The van der Waals surface area contributed by atoms with Crippen LogP contribution in [0.4, 0.5) is 15.8 Å². The van der Waals surface area contributed by atoms with Gasteiger partial charge in [0.25, 0.3) is 0 Å². The number of piperidine rings is 1. The van der Waals surface area contributed by atoms with Crippen molar-refractivity contribution in [2.75, 3.05) is 38.6 Å². The molecule has 0 N–H and O–H groups in total. The van der Waals surface area contributed by atoms with Crippen LogP contribution in [-0.4, -0.2) is 43.6 Å². The maximum absolute atomic E-state index is 13.6. The Morgan fingerprint density at radius 1 is 1.40 bits per heavy atom. The Hall–Kier alpha value is -1.69. The zero-order chi connectivity index (χ0) is 14.7. The molecule has 0 aliphatic carbocycles. The van der Waals surface area contributed by atoms with E-state index in [-0.39, 0.29) is 0 Å². The second kappa shape index (κ2) is 6.17. The van der Waals surface area contributed by atoms with E-state index < -0.39 is 16.4 Å². The predicted molar refractivity (Wildman–Crippen MR) is 76.5 cm³/mol. The Morgan fingerprint density at radius 2 is 2.05 bits per heavy atom. The van der Waals surface area contributed by atoms with Crippen LogP contribution in [0.5, 0.6) is 0 Å². The first-order chi connectivity index (χ1) is 9.49. The highest BCUT2D eigenvalue weighted by Gasteiger charge is 2.27. The average Bonchev–Trinajstić information content (AvgIpc) is 2.38. The summed E-state index contributed by atoms with van der Waals surface area (Å²) in [5, 5.41) is 11.0. The van der Waals surface area contributed by atoms with Crippen LogP contribution in [0.3, 0.4) is 0 Å². The molecule has 1 aromatic carbocycles. The fourth-order valence-electron chi connectivity index (χ4n) is 2.81. The first-order valence-electron chi connectivity index (χ1n) is 6.81. The number of nitrogens with zero attached hydrogens (tertiary/aromatic N) is 3.